The van der Waals surface area contributed by atoms with Gasteiger partial charge in [-0.15, -0.1) is 22.9 Å². The fraction of sp³-hybridized carbons (Fsp3) is 0.308. The van der Waals surface area contributed by atoms with Crippen LogP contribution in [0, 0.1) is 6.92 Å². The maximum atomic E-state index is 12.4. The molecule has 0 saturated heterocycles. The van der Waals surface area contributed by atoms with Crippen molar-refractivity contribution in [3.05, 3.63) is 47.1 Å². The van der Waals surface area contributed by atoms with E-state index in [-0.39, 0.29) is 10.1 Å². The summed E-state index contributed by atoms with van der Waals surface area (Å²) in [5, 5.41) is 0.706. The van der Waals surface area contributed by atoms with Crippen LogP contribution in [0.5, 0.6) is 0 Å². The van der Waals surface area contributed by atoms with Crippen LogP contribution >= 0.6 is 22.9 Å². The molecule has 0 spiro atoms. The van der Waals surface area contributed by atoms with E-state index in [9.17, 15) is 8.42 Å². The van der Waals surface area contributed by atoms with Crippen molar-refractivity contribution in [2.75, 3.05) is 5.88 Å². The van der Waals surface area contributed by atoms with Gasteiger partial charge >= 0.3 is 0 Å². The average Bonchev–Trinajstić information content (AvgIpc) is 2.87. The number of sulfonamides is 1. The first kappa shape index (κ1) is 15.4. The second-order valence-corrected chi connectivity index (χ2v) is 8.05. The Morgan fingerprint density at radius 1 is 1.35 bits per heavy atom. The zero-order valence-electron chi connectivity index (χ0n) is 11.1. The monoisotopic (exact) mass is 330 g/mol. The van der Waals surface area contributed by atoms with Gasteiger partial charge in [0.1, 0.15) is 0 Å². The van der Waals surface area contributed by atoms with Crippen LogP contribution in [0.2, 0.25) is 0 Å². The second-order valence-electron chi connectivity index (χ2n) is 4.64. The highest BCUT2D eigenvalue weighted by Crippen LogP contribution is 2.26. The van der Waals surface area contributed by atoms with E-state index in [1.165, 1.54) is 6.20 Å². The van der Waals surface area contributed by atoms with Crippen molar-refractivity contribution in [2.24, 2.45) is 0 Å². The number of rotatable bonds is 5. The van der Waals surface area contributed by atoms with Crippen LogP contribution in [0.4, 0.5) is 0 Å². The van der Waals surface area contributed by atoms with Crippen LogP contribution in [0.25, 0.3) is 0 Å². The predicted octanol–water partition coefficient (Wildman–Crippen LogP) is 2.88. The van der Waals surface area contributed by atoms with Gasteiger partial charge in [-0.3, -0.25) is 0 Å². The van der Waals surface area contributed by atoms with Crippen molar-refractivity contribution in [1.29, 1.82) is 0 Å². The third-order valence-corrected chi connectivity index (χ3v) is 6.41. The number of nitrogens with zero attached hydrogens (tertiary/aromatic N) is 1. The van der Waals surface area contributed by atoms with Gasteiger partial charge in [0.05, 0.1) is 16.7 Å². The van der Waals surface area contributed by atoms with Gasteiger partial charge in [0, 0.05) is 5.88 Å². The third-order valence-electron chi connectivity index (χ3n) is 2.90. The standard InChI is InChI=1S/C13H15ClN2O2S2/c1-10-15-8-12(19-10)20(17,18)16-13(2,9-14)11-6-4-3-5-7-11/h3-8,16H,9H2,1-2H3. The Hall–Kier alpha value is -0.950. The van der Waals surface area contributed by atoms with E-state index >= 15 is 0 Å². The molecule has 7 heteroatoms. The lowest BCUT2D eigenvalue weighted by Crippen LogP contribution is -2.44. The molecular formula is C13H15ClN2O2S2. The summed E-state index contributed by atoms with van der Waals surface area (Å²) in [6.07, 6.45) is 1.36. The number of hydrogen-bond acceptors (Lipinski definition) is 4. The van der Waals surface area contributed by atoms with Crippen LogP contribution in [-0.4, -0.2) is 19.3 Å². The van der Waals surface area contributed by atoms with Crippen LogP contribution in [-0.2, 0) is 15.6 Å². The Labute approximate surface area is 127 Å². The second kappa shape index (κ2) is 5.81. The molecule has 1 aromatic carbocycles. The molecule has 108 valence electrons. The number of alkyl halides is 1. The van der Waals surface area contributed by atoms with Crippen molar-refractivity contribution in [3.8, 4) is 0 Å². The van der Waals surface area contributed by atoms with E-state index in [0.717, 1.165) is 16.9 Å². The average molecular weight is 331 g/mol. The summed E-state index contributed by atoms with van der Waals surface area (Å²) < 4.78 is 27.7. The first-order valence-electron chi connectivity index (χ1n) is 5.95. The van der Waals surface area contributed by atoms with Crippen molar-refractivity contribution in [2.45, 2.75) is 23.6 Å². The summed E-state index contributed by atoms with van der Waals surface area (Å²) in [6, 6.07) is 9.28. The Morgan fingerprint density at radius 3 is 2.50 bits per heavy atom. The lowest BCUT2D eigenvalue weighted by atomic mass is 9.96. The summed E-state index contributed by atoms with van der Waals surface area (Å²) in [4.78, 5) is 3.98. The molecule has 0 fully saturated rings. The number of thiazole rings is 1. The molecule has 0 aliphatic heterocycles. The highest BCUT2D eigenvalue weighted by atomic mass is 35.5. The molecule has 1 heterocycles. The Morgan fingerprint density at radius 2 is 2.00 bits per heavy atom. The first-order valence-corrected chi connectivity index (χ1v) is 8.79. The van der Waals surface area contributed by atoms with E-state index in [1.807, 2.05) is 30.3 Å². The fourth-order valence-corrected chi connectivity index (χ4v) is 4.59. The minimum absolute atomic E-state index is 0.133. The van der Waals surface area contributed by atoms with Gasteiger partial charge in [-0.25, -0.2) is 13.4 Å². The zero-order valence-corrected chi connectivity index (χ0v) is 13.5. The summed E-state index contributed by atoms with van der Waals surface area (Å²) in [7, 11) is -3.64. The number of benzene rings is 1. The summed E-state index contributed by atoms with van der Waals surface area (Å²) in [5.41, 5.74) is -0.0423. The van der Waals surface area contributed by atoms with E-state index in [4.69, 9.17) is 11.6 Å². The molecule has 1 N–H and O–H groups in total. The maximum absolute atomic E-state index is 12.4. The molecule has 20 heavy (non-hydrogen) atoms. The van der Waals surface area contributed by atoms with Crippen molar-refractivity contribution in [1.82, 2.24) is 9.71 Å². The summed E-state index contributed by atoms with van der Waals surface area (Å²) in [5.74, 6) is 0.133. The molecule has 0 amide bonds. The van der Waals surface area contributed by atoms with Gasteiger partial charge in [0.2, 0.25) is 0 Å². The zero-order chi connectivity index (χ0) is 14.8. The predicted molar refractivity (Wildman–Crippen MR) is 81.7 cm³/mol. The fourth-order valence-electron chi connectivity index (χ4n) is 1.78. The smallest absolute Gasteiger partial charge is 0.249 e. The van der Waals surface area contributed by atoms with Crippen molar-refractivity contribution >= 4 is 33.0 Å². The van der Waals surface area contributed by atoms with Crippen LogP contribution in [0.3, 0.4) is 0 Å². The van der Waals surface area contributed by atoms with Gasteiger partial charge in [-0.2, -0.15) is 4.72 Å². The molecule has 1 unspecified atom stereocenters. The van der Waals surface area contributed by atoms with E-state index in [1.54, 1.807) is 13.8 Å². The van der Waals surface area contributed by atoms with Gasteiger partial charge in [-0.1, -0.05) is 30.3 Å². The van der Waals surface area contributed by atoms with Gasteiger partial charge < -0.3 is 0 Å². The number of halogens is 1. The first-order chi connectivity index (χ1) is 9.37. The third kappa shape index (κ3) is 3.20. The minimum atomic E-state index is -3.64. The number of hydrogen-bond donors (Lipinski definition) is 1. The molecule has 0 radical (unpaired) electrons. The molecule has 2 aromatic rings. The van der Waals surface area contributed by atoms with E-state index in [2.05, 4.69) is 9.71 Å². The molecule has 2 rings (SSSR count). The Kier molecular flexibility index (Phi) is 4.49. The van der Waals surface area contributed by atoms with E-state index in [0.29, 0.717) is 5.01 Å². The lowest BCUT2D eigenvalue weighted by Gasteiger charge is -2.28. The van der Waals surface area contributed by atoms with Gasteiger partial charge in [0.15, 0.2) is 4.21 Å². The number of aromatic nitrogens is 1. The quantitative estimate of drug-likeness (QED) is 0.857. The van der Waals surface area contributed by atoms with Crippen LogP contribution < -0.4 is 4.72 Å². The molecule has 4 nitrogen and oxygen atoms in total. The largest absolute Gasteiger partial charge is 0.252 e. The minimum Gasteiger partial charge on any atom is -0.249 e. The topological polar surface area (TPSA) is 59.1 Å². The van der Waals surface area contributed by atoms with E-state index < -0.39 is 15.6 Å². The van der Waals surface area contributed by atoms with Crippen LogP contribution in [0.1, 0.15) is 17.5 Å². The summed E-state index contributed by atoms with van der Waals surface area (Å²) >= 11 is 7.14. The summed E-state index contributed by atoms with van der Waals surface area (Å²) in [6.45, 7) is 3.53. The Balaban J connectivity index is 2.35. The molecule has 1 aromatic heterocycles. The van der Waals surface area contributed by atoms with Gasteiger partial charge in [-0.05, 0) is 19.4 Å². The lowest BCUT2D eigenvalue weighted by molar-refractivity contribution is 0.478. The van der Waals surface area contributed by atoms with Crippen molar-refractivity contribution < 1.29 is 8.42 Å². The molecule has 1 atom stereocenters. The molecular weight excluding hydrogens is 316 g/mol. The van der Waals surface area contributed by atoms with Gasteiger partial charge in [0.25, 0.3) is 10.0 Å². The molecule has 0 bridgehead atoms. The highest BCUT2D eigenvalue weighted by Gasteiger charge is 2.32. The molecule has 0 aliphatic carbocycles. The SMILES string of the molecule is Cc1ncc(S(=O)(=O)NC(C)(CCl)c2ccccc2)s1. The van der Waals surface area contributed by atoms with Crippen molar-refractivity contribution in [3.63, 3.8) is 0 Å². The highest BCUT2D eigenvalue weighted by molar-refractivity contribution is 7.91. The molecule has 0 saturated carbocycles. The normalized spacial score (nSPS) is 14.9. The maximum Gasteiger partial charge on any atom is 0.252 e. The number of aryl methyl sites for hydroxylation is 1. The van der Waals surface area contributed by atoms with Crippen LogP contribution in [0.15, 0.2) is 40.7 Å². The number of nitrogens with one attached hydrogen (secondary N) is 1. The Bertz CT molecular complexity index is 685. The molecule has 0 aliphatic rings.